The highest BCUT2D eigenvalue weighted by molar-refractivity contribution is 7.14. The summed E-state index contributed by atoms with van der Waals surface area (Å²) in [6, 6.07) is 15.8. The Morgan fingerprint density at radius 3 is 2.58 bits per heavy atom. The molecule has 3 aliphatic carbocycles. The van der Waals surface area contributed by atoms with Crippen molar-refractivity contribution in [1.29, 1.82) is 0 Å². The number of thiazole rings is 1. The second-order valence-electron chi connectivity index (χ2n) is 9.28. The molecule has 1 aromatic heterocycles. The quantitative estimate of drug-likeness (QED) is 0.451. The van der Waals surface area contributed by atoms with Gasteiger partial charge in [-0.3, -0.25) is 5.43 Å². The number of hydrazone groups is 1. The number of rotatable bonds is 4. The zero-order chi connectivity index (χ0) is 21.6. The molecule has 158 valence electrons. The lowest BCUT2D eigenvalue weighted by atomic mass is 9.47. The van der Waals surface area contributed by atoms with Crippen LogP contribution < -0.4 is 5.43 Å². The lowest BCUT2D eigenvalue weighted by molar-refractivity contribution is 0.0143. The third-order valence-electron chi connectivity index (χ3n) is 6.95. The van der Waals surface area contributed by atoms with Crippen molar-refractivity contribution >= 4 is 28.3 Å². The van der Waals surface area contributed by atoms with Crippen LogP contribution in [0.2, 0.25) is 0 Å². The summed E-state index contributed by atoms with van der Waals surface area (Å²) in [5.74, 6) is 1.47. The van der Waals surface area contributed by atoms with Crippen molar-refractivity contribution in [2.24, 2.45) is 22.4 Å². The van der Waals surface area contributed by atoms with Gasteiger partial charge in [-0.05, 0) is 72.6 Å². The largest absolute Gasteiger partial charge is 0.508 e. The van der Waals surface area contributed by atoms with E-state index in [1.54, 1.807) is 23.5 Å². The molecule has 5 heteroatoms. The number of benzene rings is 2. The van der Waals surface area contributed by atoms with Gasteiger partial charge in [0.2, 0.25) is 5.13 Å². The van der Waals surface area contributed by atoms with Gasteiger partial charge in [0.15, 0.2) is 0 Å². The average Bonchev–Trinajstić information content (AvgIpc) is 3.23. The number of aryl methyl sites for hydroxylation is 1. The molecule has 1 heterocycles. The fourth-order valence-electron chi connectivity index (χ4n) is 4.76. The predicted molar refractivity (Wildman–Crippen MR) is 129 cm³/mol. The number of nitrogens with zero attached hydrogens (tertiary/aromatic N) is 2. The van der Waals surface area contributed by atoms with Crippen LogP contribution in [0.4, 0.5) is 5.13 Å². The fraction of sp³-hybridized carbons (Fsp3) is 0.308. The van der Waals surface area contributed by atoms with E-state index in [1.807, 2.05) is 17.5 Å². The number of hydrogen-bond donors (Lipinski definition) is 2. The van der Waals surface area contributed by atoms with Crippen molar-refractivity contribution in [1.82, 2.24) is 4.98 Å². The summed E-state index contributed by atoms with van der Waals surface area (Å²) in [5.41, 5.74) is 10.4. The number of phenolic OH excluding ortho intramolecular Hbond substituents is 1. The minimum absolute atomic E-state index is 0.260. The molecule has 3 aliphatic rings. The Bertz CT molecular complexity index is 1160. The van der Waals surface area contributed by atoms with E-state index in [0.29, 0.717) is 11.3 Å². The van der Waals surface area contributed by atoms with Crippen molar-refractivity contribution in [3.63, 3.8) is 0 Å². The number of aromatic nitrogens is 1. The molecule has 0 spiro atoms. The van der Waals surface area contributed by atoms with E-state index >= 15 is 0 Å². The lowest BCUT2D eigenvalue weighted by Gasteiger charge is -2.57. The molecule has 2 atom stereocenters. The van der Waals surface area contributed by atoms with Crippen LogP contribution in [0.25, 0.3) is 17.3 Å². The van der Waals surface area contributed by atoms with E-state index in [4.69, 9.17) is 5.10 Å². The molecule has 2 N–H and O–H groups in total. The lowest BCUT2D eigenvalue weighted by Crippen LogP contribution is -2.53. The second kappa shape index (κ2) is 7.65. The van der Waals surface area contributed by atoms with Crippen LogP contribution in [0.15, 0.2) is 64.6 Å². The number of nitrogens with one attached hydrogen (secondary N) is 1. The predicted octanol–water partition coefficient (Wildman–Crippen LogP) is 6.74. The summed E-state index contributed by atoms with van der Waals surface area (Å²) >= 11 is 1.55. The van der Waals surface area contributed by atoms with Crippen LogP contribution in [0.1, 0.15) is 37.8 Å². The topological polar surface area (TPSA) is 57.5 Å². The minimum Gasteiger partial charge on any atom is -0.508 e. The molecule has 0 radical (unpaired) electrons. The first kappa shape index (κ1) is 20.0. The molecule has 0 saturated heterocycles. The van der Waals surface area contributed by atoms with Gasteiger partial charge in [-0.25, -0.2) is 4.98 Å². The van der Waals surface area contributed by atoms with E-state index in [1.165, 1.54) is 28.8 Å². The van der Waals surface area contributed by atoms with E-state index in [9.17, 15) is 5.11 Å². The Morgan fingerprint density at radius 1 is 1.13 bits per heavy atom. The van der Waals surface area contributed by atoms with Crippen LogP contribution in [0, 0.1) is 24.2 Å². The van der Waals surface area contributed by atoms with Crippen LogP contribution >= 0.6 is 11.3 Å². The fourth-order valence-corrected chi connectivity index (χ4v) is 5.43. The second-order valence-corrected chi connectivity index (χ2v) is 10.1. The molecule has 3 aromatic rings. The summed E-state index contributed by atoms with van der Waals surface area (Å²) in [6.07, 6.45) is 4.60. The zero-order valence-corrected chi connectivity index (χ0v) is 18.9. The van der Waals surface area contributed by atoms with E-state index in [-0.39, 0.29) is 5.75 Å². The first-order valence-corrected chi connectivity index (χ1v) is 11.6. The number of phenols is 1. The molecule has 0 aliphatic heterocycles. The minimum atomic E-state index is 0.260. The smallest absolute Gasteiger partial charge is 0.203 e. The number of aromatic hydroxyl groups is 1. The molecule has 0 amide bonds. The summed E-state index contributed by atoms with van der Waals surface area (Å²) in [4.78, 5) is 4.69. The van der Waals surface area contributed by atoms with Gasteiger partial charge in [0.1, 0.15) is 5.75 Å². The van der Waals surface area contributed by atoms with Crippen LogP contribution in [-0.2, 0) is 0 Å². The summed E-state index contributed by atoms with van der Waals surface area (Å²) < 4.78 is 0. The van der Waals surface area contributed by atoms with Gasteiger partial charge in [0.05, 0.1) is 11.4 Å². The number of fused-ring (bicyclic) bond motifs is 2. The Hall–Kier alpha value is -2.92. The normalized spacial score (nSPS) is 24.2. The molecule has 2 bridgehead atoms. The molecule has 2 aromatic carbocycles. The Kier molecular flexibility index (Phi) is 4.94. The maximum Gasteiger partial charge on any atom is 0.203 e. The van der Waals surface area contributed by atoms with Crippen molar-refractivity contribution in [2.45, 2.75) is 33.6 Å². The van der Waals surface area contributed by atoms with E-state index < -0.39 is 0 Å². The highest BCUT2D eigenvalue weighted by Gasteiger charge is 2.54. The van der Waals surface area contributed by atoms with Crippen LogP contribution in [-0.4, -0.2) is 15.8 Å². The molecule has 31 heavy (non-hydrogen) atoms. The average molecular weight is 430 g/mol. The number of hydrogen-bond acceptors (Lipinski definition) is 5. The van der Waals surface area contributed by atoms with Gasteiger partial charge in [0, 0.05) is 16.9 Å². The molecular formula is C26H27N3OS. The highest BCUT2D eigenvalue weighted by Crippen LogP contribution is 2.59. The van der Waals surface area contributed by atoms with Gasteiger partial charge < -0.3 is 5.11 Å². The molecule has 4 nitrogen and oxygen atoms in total. The molecule has 6 rings (SSSR count). The van der Waals surface area contributed by atoms with Gasteiger partial charge in [0.25, 0.3) is 0 Å². The standard InChI is InChI=1S/C26H27N3OS/c1-16-4-6-17(7-5-16)12-19-13-20-14-22(26(20,2)3)24(19)28-29-25-27-23(15-31-25)18-8-10-21(30)11-9-18/h4-12,15,20,22,30H,13-14H2,1-3H3,(H,27,29). The van der Waals surface area contributed by atoms with Gasteiger partial charge in [-0.2, -0.15) is 5.10 Å². The van der Waals surface area contributed by atoms with Crippen LogP contribution in [0.5, 0.6) is 5.75 Å². The summed E-state index contributed by atoms with van der Waals surface area (Å²) in [5, 5.41) is 17.2. The van der Waals surface area contributed by atoms with Gasteiger partial charge in [-0.15, -0.1) is 11.3 Å². The number of anilines is 1. The first-order valence-electron chi connectivity index (χ1n) is 10.8. The maximum absolute atomic E-state index is 9.50. The SMILES string of the molecule is Cc1ccc(C=C2CC3CC(C2=NNc2nc(-c4ccc(O)cc4)cs2)C3(C)C)cc1. The molecule has 2 unspecified atom stereocenters. The van der Waals surface area contributed by atoms with Crippen LogP contribution in [0.3, 0.4) is 0 Å². The summed E-state index contributed by atoms with van der Waals surface area (Å²) in [6.45, 7) is 6.86. The van der Waals surface area contributed by atoms with Crippen molar-refractivity contribution in [3.8, 4) is 17.0 Å². The zero-order valence-electron chi connectivity index (χ0n) is 18.1. The van der Waals surface area contributed by atoms with Gasteiger partial charge in [-0.1, -0.05) is 43.7 Å². The van der Waals surface area contributed by atoms with E-state index in [2.05, 4.69) is 61.5 Å². The third-order valence-corrected chi connectivity index (χ3v) is 7.70. The monoisotopic (exact) mass is 429 g/mol. The highest BCUT2D eigenvalue weighted by atomic mass is 32.1. The summed E-state index contributed by atoms with van der Waals surface area (Å²) in [7, 11) is 0. The third kappa shape index (κ3) is 3.79. The Morgan fingerprint density at radius 2 is 1.87 bits per heavy atom. The van der Waals surface area contributed by atoms with Gasteiger partial charge >= 0.3 is 0 Å². The first-order chi connectivity index (χ1) is 14.9. The van der Waals surface area contributed by atoms with E-state index in [0.717, 1.165) is 28.7 Å². The Balaban J connectivity index is 1.41. The van der Waals surface area contributed by atoms with Crippen molar-refractivity contribution < 1.29 is 5.11 Å². The maximum atomic E-state index is 9.50. The molecule has 3 saturated carbocycles. The molecule has 3 fully saturated rings. The Labute approximate surface area is 187 Å². The number of allylic oxidation sites excluding steroid dienone is 1. The van der Waals surface area contributed by atoms with Crippen molar-refractivity contribution in [3.05, 3.63) is 70.6 Å². The van der Waals surface area contributed by atoms with Crippen molar-refractivity contribution in [2.75, 3.05) is 5.43 Å². The molecular weight excluding hydrogens is 402 g/mol.